The van der Waals surface area contributed by atoms with E-state index in [2.05, 4.69) is 10.3 Å². The van der Waals surface area contributed by atoms with Gasteiger partial charge in [-0.05, 0) is 68.3 Å². The lowest BCUT2D eigenvalue weighted by molar-refractivity contribution is 0.521. The first-order valence-corrected chi connectivity index (χ1v) is 7.12. The maximum absolute atomic E-state index is 13.8. The molecular weight excluding hydrogens is 270 g/mol. The van der Waals surface area contributed by atoms with E-state index < -0.39 is 5.82 Å². The number of nitrogens with zero attached hydrogens (tertiary/aromatic N) is 1. The van der Waals surface area contributed by atoms with Crippen molar-refractivity contribution in [3.8, 4) is 0 Å². The normalized spacial score (nSPS) is 12.4. The van der Waals surface area contributed by atoms with Crippen molar-refractivity contribution in [3.05, 3.63) is 64.5 Å². The second-order valence-electron chi connectivity index (χ2n) is 5.23. The Morgan fingerprint density at radius 1 is 1.10 bits per heavy atom. The molecule has 112 valence electrons. The van der Waals surface area contributed by atoms with Crippen molar-refractivity contribution in [1.82, 2.24) is 10.3 Å². The van der Waals surface area contributed by atoms with Gasteiger partial charge in [0.25, 0.3) is 0 Å². The molecule has 1 aromatic carbocycles. The van der Waals surface area contributed by atoms with E-state index in [0.717, 1.165) is 29.6 Å². The van der Waals surface area contributed by atoms with Gasteiger partial charge in [0, 0.05) is 17.4 Å². The average Bonchev–Trinajstić information content (AvgIpc) is 2.41. The van der Waals surface area contributed by atoms with Crippen LogP contribution < -0.4 is 5.32 Å². The van der Waals surface area contributed by atoms with Crippen LogP contribution in [0.25, 0.3) is 0 Å². The zero-order valence-corrected chi connectivity index (χ0v) is 12.6. The highest BCUT2D eigenvalue weighted by atomic mass is 19.1. The Morgan fingerprint density at radius 3 is 2.38 bits per heavy atom. The number of aryl methyl sites for hydroxylation is 2. The zero-order valence-electron chi connectivity index (χ0n) is 12.6. The van der Waals surface area contributed by atoms with E-state index in [1.165, 1.54) is 12.1 Å². The van der Waals surface area contributed by atoms with Gasteiger partial charge in [-0.25, -0.2) is 8.78 Å². The summed E-state index contributed by atoms with van der Waals surface area (Å²) < 4.78 is 27.2. The van der Waals surface area contributed by atoms with E-state index in [4.69, 9.17) is 0 Å². The molecule has 1 atom stereocenters. The van der Waals surface area contributed by atoms with Crippen LogP contribution in [0, 0.1) is 25.5 Å². The number of likely N-dealkylation sites (N-methyl/N-ethyl adjacent to an activating group) is 1. The maximum Gasteiger partial charge on any atom is 0.126 e. The van der Waals surface area contributed by atoms with Crippen molar-refractivity contribution in [3.63, 3.8) is 0 Å². The smallest absolute Gasteiger partial charge is 0.126 e. The fourth-order valence-corrected chi connectivity index (χ4v) is 2.54. The van der Waals surface area contributed by atoms with Crippen molar-refractivity contribution < 1.29 is 8.78 Å². The van der Waals surface area contributed by atoms with Crippen LogP contribution in [0.3, 0.4) is 0 Å². The first-order valence-electron chi connectivity index (χ1n) is 7.12. The molecule has 0 aliphatic carbocycles. The monoisotopic (exact) mass is 290 g/mol. The van der Waals surface area contributed by atoms with Gasteiger partial charge in [-0.3, -0.25) is 4.98 Å². The lowest BCUT2D eigenvalue weighted by Crippen LogP contribution is -2.23. The van der Waals surface area contributed by atoms with Crippen molar-refractivity contribution in [2.75, 3.05) is 6.54 Å². The minimum absolute atomic E-state index is 0.0632. The minimum atomic E-state index is -0.413. The summed E-state index contributed by atoms with van der Waals surface area (Å²) in [6.07, 6.45) is 0.403. The van der Waals surface area contributed by atoms with Gasteiger partial charge in [0.1, 0.15) is 11.6 Å². The molecule has 0 fully saturated rings. The van der Waals surface area contributed by atoms with E-state index in [1.807, 2.05) is 32.9 Å². The predicted octanol–water partition coefficient (Wildman–Crippen LogP) is 3.87. The molecule has 0 radical (unpaired) electrons. The number of hydrogen-bond donors (Lipinski definition) is 1. The van der Waals surface area contributed by atoms with Gasteiger partial charge in [0.05, 0.1) is 0 Å². The second-order valence-corrected chi connectivity index (χ2v) is 5.23. The quantitative estimate of drug-likeness (QED) is 0.904. The van der Waals surface area contributed by atoms with E-state index in [1.54, 1.807) is 0 Å². The molecule has 1 aromatic heterocycles. The van der Waals surface area contributed by atoms with E-state index >= 15 is 0 Å². The SMILES string of the molecule is CCNC(Cc1cc(F)ccc1F)c1cc(C)nc(C)c1. The summed E-state index contributed by atoms with van der Waals surface area (Å²) in [5.74, 6) is -0.787. The Balaban J connectivity index is 2.32. The van der Waals surface area contributed by atoms with Crippen LogP contribution in [0.2, 0.25) is 0 Å². The van der Waals surface area contributed by atoms with Crippen molar-refractivity contribution in [2.45, 2.75) is 33.2 Å². The third-order valence-electron chi connectivity index (χ3n) is 3.39. The zero-order chi connectivity index (χ0) is 15.4. The van der Waals surface area contributed by atoms with Crippen LogP contribution in [-0.4, -0.2) is 11.5 Å². The minimum Gasteiger partial charge on any atom is -0.310 e. The lowest BCUT2D eigenvalue weighted by atomic mass is 9.98. The Labute approximate surface area is 124 Å². The average molecular weight is 290 g/mol. The molecule has 0 bridgehead atoms. The highest BCUT2D eigenvalue weighted by molar-refractivity contribution is 5.27. The molecule has 0 amide bonds. The number of hydrogen-bond acceptors (Lipinski definition) is 2. The largest absolute Gasteiger partial charge is 0.310 e. The Bertz CT molecular complexity index is 606. The number of rotatable bonds is 5. The van der Waals surface area contributed by atoms with E-state index in [-0.39, 0.29) is 11.9 Å². The summed E-state index contributed by atoms with van der Waals surface area (Å²) in [5, 5.41) is 3.33. The molecule has 0 aliphatic rings. The van der Waals surface area contributed by atoms with Crippen molar-refractivity contribution >= 4 is 0 Å². The number of aromatic nitrogens is 1. The maximum atomic E-state index is 13.8. The number of nitrogens with one attached hydrogen (secondary N) is 1. The van der Waals surface area contributed by atoms with Gasteiger partial charge in [-0.15, -0.1) is 0 Å². The predicted molar refractivity (Wildman–Crippen MR) is 80.2 cm³/mol. The van der Waals surface area contributed by atoms with Crippen LogP contribution in [0.4, 0.5) is 8.78 Å². The summed E-state index contributed by atoms with van der Waals surface area (Å²) >= 11 is 0. The van der Waals surface area contributed by atoms with Crippen molar-refractivity contribution in [2.24, 2.45) is 0 Å². The summed E-state index contributed by atoms with van der Waals surface area (Å²) in [4.78, 5) is 4.35. The highest BCUT2D eigenvalue weighted by Gasteiger charge is 2.15. The first-order chi connectivity index (χ1) is 9.99. The molecule has 21 heavy (non-hydrogen) atoms. The molecule has 2 nitrogen and oxygen atoms in total. The molecule has 0 saturated heterocycles. The van der Waals surface area contributed by atoms with Gasteiger partial charge >= 0.3 is 0 Å². The van der Waals surface area contributed by atoms with Crippen molar-refractivity contribution in [1.29, 1.82) is 0 Å². The van der Waals surface area contributed by atoms with Crippen LogP contribution in [0.5, 0.6) is 0 Å². The number of benzene rings is 1. The molecule has 2 rings (SSSR count). The number of halogens is 2. The summed E-state index contributed by atoms with van der Waals surface area (Å²) in [6.45, 7) is 6.61. The fraction of sp³-hybridized carbons (Fsp3) is 0.353. The Kier molecular flexibility index (Phi) is 5.02. The topological polar surface area (TPSA) is 24.9 Å². The molecule has 2 aromatic rings. The van der Waals surface area contributed by atoms with Gasteiger partial charge < -0.3 is 5.32 Å². The first kappa shape index (κ1) is 15.6. The van der Waals surface area contributed by atoms with Gasteiger partial charge in [0.2, 0.25) is 0 Å². The molecule has 0 saturated carbocycles. The third kappa shape index (κ3) is 4.08. The molecular formula is C17H20F2N2. The van der Waals surface area contributed by atoms with Crippen LogP contribution in [-0.2, 0) is 6.42 Å². The van der Waals surface area contributed by atoms with Crippen LogP contribution >= 0.6 is 0 Å². The van der Waals surface area contributed by atoms with Gasteiger partial charge in [0.15, 0.2) is 0 Å². The lowest BCUT2D eigenvalue weighted by Gasteiger charge is -2.20. The summed E-state index contributed by atoms with van der Waals surface area (Å²) in [6, 6.07) is 7.49. The van der Waals surface area contributed by atoms with E-state index in [9.17, 15) is 8.78 Å². The van der Waals surface area contributed by atoms with Gasteiger partial charge in [-0.2, -0.15) is 0 Å². The van der Waals surface area contributed by atoms with E-state index in [0.29, 0.717) is 12.0 Å². The molecule has 0 spiro atoms. The molecule has 0 aliphatic heterocycles. The fourth-order valence-electron chi connectivity index (χ4n) is 2.54. The number of pyridine rings is 1. The third-order valence-corrected chi connectivity index (χ3v) is 3.39. The van der Waals surface area contributed by atoms with Crippen LogP contribution in [0.1, 0.15) is 35.5 Å². The van der Waals surface area contributed by atoms with Gasteiger partial charge in [-0.1, -0.05) is 6.92 Å². The second kappa shape index (κ2) is 6.76. The molecule has 4 heteroatoms. The molecule has 1 heterocycles. The summed E-state index contributed by atoms with van der Waals surface area (Å²) in [5.41, 5.74) is 3.28. The Morgan fingerprint density at radius 2 is 1.76 bits per heavy atom. The highest BCUT2D eigenvalue weighted by Crippen LogP contribution is 2.22. The summed E-state index contributed by atoms with van der Waals surface area (Å²) in [7, 11) is 0. The standard InChI is InChI=1S/C17H20F2N2/c1-4-20-17(14-7-11(2)21-12(3)8-14)10-13-9-15(18)5-6-16(13)19/h5-9,17,20H,4,10H2,1-3H3. The van der Waals surface area contributed by atoms with Crippen LogP contribution in [0.15, 0.2) is 30.3 Å². The molecule has 1 N–H and O–H groups in total. The molecule has 1 unspecified atom stereocenters. The Hall–Kier alpha value is -1.81.